The van der Waals surface area contributed by atoms with Gasteiger partial charge in [-0.25, -0.2) is 0 Å². The molecule has 30 heavy (non-hydrogen) atoms. The Morgan fingerprint density at radius 3 is 2.83 bits per heavy atom. The second-order valence-electron chi connectivity index (χ2n) is 7.54. The molecule has 3 heterocycles. The molecule has 0 aliphatic carbocycles. The number of aryl methyl sites for hydroxylation is 1. The highest BCUT2D eigenvalue weighted by Gasteiger charge is 2.29. The first-order valence-electron chi connectivity index (χ1n) is 10.3. The monoisotopic (exact) mass is 403 g/mol. The van der Waals surface area contributed by atoms with Gasteiger partial charge in [0.25, 0.3) is 5.91 Å². The minimum atomic E-state index is -0.226. The highest BCUT2D eigenvalue weighted by atomic mass is 16.2. The largest absolute Gasteiger partial charge is 0.337 e. The summed E-state index contributed by atoms with van der Waals surface area (Å²) >= 11 is 0. The van der Waals surface area contributed by atoms with Crippen LogP contribution in [0, 0.1) is 5.92 Å². The number of anilines is 1. The van der Waals surface area contributed by atoms with Gasteiger partial charge in [-0.2, -0.15) is 5.10 Å². The van der Waals surface area contributed by atoms with E-state index in [1.807, 2.05) is 36.4 Å². The summed E-state index contributed by atoms with van der Waals surface area (Å²) in [5.41, 5.74) is 4.00. The number of H-pyrrole nitrogens is 1. The minimum absolute atomic E-state index is 0.0390. The standard InChI is InChI=1S/C23H25N5O2/c1-2-16-5-3-7-19(13-16)25-22(29)18-6-4-12-28(15-18)23(30)21-14-20(26-27-21)17-8-10-24-11-9-17/h3,5,7-11,13-14,18H,2,4,6,12,15H2,1H3,(H,25,29)(H,26,27)/t18-/m0/s1. The zero-order valence-corrected chi connectivity index (χ0v) is 17.0. The number of nitrogens with zero attached hydrogens (tertiary/aromatic N) is 3. The van der Waals surface area contributed by atoms with Crippen molar-refractivity contribution in [3.63, 3.8) is 0 Å². The van der Waals surface area contributed by atoms with Crippen molar-refractivity contribution in [1.29, 1.82) is 0 Å². The molecule has 1 aliphatic rings. The Bertz CT molecular complexity index is 1030. The first kappa shape index (κ1) is 19.8. The van der Waals surface area contributed by atoms with Gasteiger partial charge < -0.3 is 10.2 Å². The van der Waals surface area contributed by atoms with E-state index in [9.17, 15) is 9.59 Å². The molecule has 154 valence electrons. The third kappa shape index (κ3) is 4.40. The average Bonchev–Trinajstić information content (AvgIpc) is 3.30. The maximum atomic E-state index is 13.0. The predicted molar refractivity (Wildman–Crippen MR) is 115 cm³/mol. The zero-order chi connectivity index (χ0) is 20.9. The molecular formula is C23H25N5O2. The number of likely N-dealkylation sites (tertiary alicyclic amines) is 1. The van der Waals surface area contributed by atoms with E-state index in [2.05, 4.69) is 27.4 Å². The van der Waals surface area contributed by atoms with Gasteiger partial charge in [0.2, 0.25) is 5.91 Å². The second kappa shape index (κ2) is 8.90. The van der Waals surface area contributed by atoms with E-state index >= 15 is 0 Å². The molecule has 7 heteroatoms. The molecule has 0 spiro atoms. The minimum Gasteiger partial charge on any atom is -0.337 e. The number of nitrogens with one attached hydrogen (secondary N) is 2. The van der Waals surface area contributed by atoms with Gasteiger partial charge in [-0.3, -0.25) is 19.7 Å². The van der Waals surface area contributed by atoms with Crippen LogP contribution in [0.4, 0.5) is 5.69 Å². The highest BCUT2D eigenvalue weighted by Crippen LogP contribution is 2.22. The van der Waals surface area contributed by atoms with E-state index in [0.29, 0.717) is 24.5 Å². The van der Waals surface area contributed by atoms with E-state index in [0.717, 1.165) is 30.5 Å². The fourth-order valence-electron chi connectivity index (χ4n) is 3.76. The lowest BCUT2D eigenvalue weighted by Crippen LogP contribution is -2.43. The second-order valence-corrected chi connectivity index (χ2v) is 7.54. The van der Waals surface area contributed by atoms with Gasteiger partial charge in [-0.1, -0.05) is 19.1 Å². The lowest BCUT2D eigenvalue weighted by molar-refractivity contribution is -0.121. The third-order valence-corrected chi connectivity index (χ3v) is 5.47. The molecular weight excluding hydrogens is 378 g/mol. The van der Waals surface area contributed by atoms with Crippen molar-refractivity contribution < 1.29 is 9.59 Å². The Morgan fingerprint density at radius 2 is 2.03 bits per heavy atom. The number of pyridine rings is 1. The summed E-state index contributed by atoms with van der Waals surface area (Å²) < 4.78 is 0. The molecule has 3 aromatic rings. The van der Waals surface area contributed by atoms with Crippen molar-refractivity contribution >= 4 is 17.5 Å². The molecule has 0 unspecified atom stereocenters. The van der Waals surface area contributed by atoms with Crippen LogP contribution in [0.5, 0.6) is 0 Å². The SMILES string of the molecule is CCc1cccc(NC(=O)[C@H]2CCCN(C(=O)c3cc(-c4ccncc4)n[nH]3)C2)c1. The molecule has 2 amide bonds. The number of benzene rings is 1. The van der Waals surface area contributed by atoms with Gasteiger partial charge in [0.05, 0.1) is 11.6 Å². The quantitative estimate of drug-likeness (QED) is 0.682. The molecule has 4 rings (SSSR count). The summed E-state index contributed by atoms with van der Waals surface area (Å²) in [5, 5.41) is 10.1. The Hall–Kier alpha value is -3.48. The molecule has 2 aromatic heterocycles. The summed E-state index contributed by atoms with van der Waals surface area (Å²) in [4.78, 5) is 31.5. The van der Waals surface area contributed by atoms with Crippen LogP contribution < -0.4 is 5.32 Å². The number of hydrogen-bond acceptors (Lipinski definition) is 4. The van der Waals surface area contributed by atoms with E-state index in [-0.39, 0.29) is 17.7 Å². The van der Waals surface area contributed by atoms with Crippen LogP contribution in [-0.4, -0.2) is 45.0 Å². The van der Waals surface area contributed by atoms with Crippen LogP contribution >= 0.6 is 0 Å². The van der Waals surface area contributed by atoms with E-state index < -0.39 is 0 Å². The molecule has 1 atom stereocenters. The number of carbonyl (C=O) groups excluding carboxylic acids is 2. The van der Waals surface area contributed by atoms with Gasteiger partial charge in [-0.15, -0.1) is 0 Å². The summed E-state index contributed by atoms with van der Waals surface area (Å²) in [6.45, 7) is 3.13. The van der Waals surface area contributed by atoms with Gasteiger partial charge in [0.1, 0.15) is 5.69 Å². The molecule has 0 saturated carbocycles. The molecule has 1 aromatic carbocycles. The van der Waals surface area contributed by atoms with Crippen LogP contribution in [0.15, 0.2) is 54.9 Å². The zero-order valence-electron chi connectivity index (χ0n) is 17.0. The Labute approximate surface area is 175 Å². The number of amides is 2. The number of hydrogen-bond donors (Lipinski definition) is 2. The third-order valence-electron chi connectivity index (χ3n) is 5.47. The first-order valence-corrected chi connectivity index (χ1v) is 10.3. The normalized spacial score (nSPS) is 16.3. The Kier molecular flexibility index (Phi) is 5.88. The highest BCUT2D eigenvalue weighted by molar-refractivity contribution is 5.96. The molecule has 1 aliphatic heterocycles. The topological polar surface area (TPSA) is 91.0 Å². The lowest BCUT2D eigenvalue weighted by atomic mass is 9.96. The van der Waals surface area contributed by atoms with Crippen molar-refractivity contribution in [1.82, 2.24) is 20.1 Å². The number of piperidine rings is 1. The van der Waals surface area contributed by atoms with Crippen LogP contribution in [0.2, 0.25) is 0 Å². The summed E-state index contributed by atoms with van der Waals surface area (Å²) in [5.74, 6) is -0.397. The van der Waals surface area contributed by atoms with Crippen molar-refractivity contribution in [2.45, 2.75) is 26.2 Å². The van der Waals surface area contributed by atoms with E-state index in [1.165, 1.54) is 5.56 Å². The number of carbonyl (C=O) groups is 2. The van der Waals surface area contributed by atoms with Gasteiger partial charge in [0, 0.05) is 36.7 Å². The van der Waals surface area contributed by atoms with E-state index in [1.54, 1.807) is 23.4 Å². The number of aromatic amines is 1. The molecule has 2 N–H and O–H groups in total. The predicted octanol–water partition coefficient (Wildman–Crippen LogP) is 3.53. The van der Waals surface area contributed by atoms with Gasteiger partial charge in [-0.05, 0) is 55.2 Å². The fourth-order valence-corrected chi connectivity index (χ4v) is 3.76. The summed E-state index contributed by atoms with van der Waals surface area (Å²) in [7, 11) is 0. The number of rotatable bonds is 5. The smallest absolute Gasteiger partial charge is 0.271 e. The van der Waals surface area contributed by atoms with Crippen LogP contribution in [-0.2, 0) is 11.2 Å². The molecule has 1 saturated heterocycles. The molecule has 1 fully saturated rings. The molecule has 0 radical (unpaired) electrons. The van der Waals surface area contributed by atoms with Crippen molar-refractivity contribution in [2.24, 2.45) is 5.92 Å². The maximum Gasteiger partial charge on any atom is 0.271 e. The summed E-state index contributed by atoms with van der Waals surface area (Å²) in [6.07, 6.45) is 5.87. The maximum absolute atomic E-state index is 13.0. The average molecular weight is 403 g/mol. The first-order chi connectivity index (χ1) is 14.6. The van der Waals surface area contributed by atoms with Crippen molar-refractivity contribution in [3.05, 3.63) is 66.1 Å². The van der Waals surface area contributed by atoms with Crippen molar-refractivity contribution in [3.8, 4) is 11.3 Å². The summed E-state index contributed by atoms with van der Waals surface area (Å²) in [6, 6.07) is 13.3. The Balaban J connectivity index is 1.41. The van der Waals surface area contributed by atoms with E-state index in [4.69, 9.17) is 0 Å². The van der Waals surface area contributed by atoms with Crippen LogP contribution in [0.3, 0.4) is 0 Å². The van der Waals surface area contributed by atoms with Crippen LogP contribution in [0.25, 0.3) is 11.3 Å². The van der Waals surface area contributed by atoms with Gasteiger partial charge >= 0.3 is 0 Å². The molecule has 7 nitrogen and oxygen atoms in total. The Morgan fingerprint density at radius 1 is 1.20 bits per heavy atom. The van der Waals surface area contributed by atoms with Gasteiger partial charge in [0.15, 0.2) is 0 Å². The van der Waals surface area contributed by atoms with Crippen molar-refractivity contribution in [2.75, 3.05) is 18.4 Å². The fraction of sp³-hybridized carbons (Fsp3) is 0.304. The lowest BCUT2D eigenvalue weighted by Gasteiger charge is -2.31. The number of aromatic nitrogens is 3. The van der Waals surface area contributed by atoms with Crippen LogP contribution in [0.1, 0.15) is 35.8 Å². The molecule has 0 bridgehead atoms.